The molecule has 6 heteroatoms. The van der Waals surface area contributed by atoms with Gasteiger partial charge in [-0.25, -0.2) is 5.01 Å². The van der Waals surface area contributed by atoms with Gasteiger partial charge in [0.1, 0.15) is 0 Å². The molecule has 2 aromatic rings. The van der Waals surface area contributed by atoms with Crippen LogP contribution in [0.4, 0.5) is 13.2 Å². The molecular weight excluding hydrogens is 341 g/mol. The lowest BCUT2D eigenvalue weighted by Crippen LogP contribution is -2.43. The van der Waals surface area contributed by atoms with E-state index < -0.39 is 23.5 Å². The van der Waals surface area contributed by atoms with Crippen molar-refractivity contribution in [3.8, 4) is 0 Å². The van der Waals surface area contributed by atoms with Crippen LogP contribution in [0.3, 0.4) is 0 Å². The summed E-state index contributed by atoms with van der Waals surface area (Å²) in [6, 6.07) is 8.65. The number of nitrogens with one attached hydrogen (secondary N) is 1. The second kappa shape index (κ2) is 6.27. The average Bonchev–Trinajstić information content (AvgIpc) is 2.78. The van der Waals surface area contributed by atoms with Gasteiger partial charge in [-0.3, -0.25) is 10.2 Å². The topological polar surface area (TPSA) is 32.3 Å². The predicted molar refractivity (Wildman–Crippen MR) is 95.5 cm³/mol. The highest BCUT2D eigenvalue weighted by atomic mass is 19.4. The Bertz CT molecular complexity index is 837. The second-order valence-electron chi connectivity index (χ2n) is 7.84. The molecule has 1 N–H and O–H groups in total. The molecule has 2 aromatic carbocycles. The van der Waals surface area contributed by atoms with Crippen molar-refractivity contribution in [3.63, 3.8) is 0 Å². The van der Waals surface area contributed by atoms with Crippen molar-refractivity contribution < 1.29 is 18.0 Å². The number of hydrazine groups is 1. The number of hydrogen-bond acceptors (Lipinski definition) is 2. The van der Waals surface area contributed by atoms with Gasteiger partial charge < -0.3 is 0 Å². The van der Waals surface area contributed by atoms with E-state index in [1.165, 1.54) is 6.07 Å². The zero-order valence-electron chi connectivity index (χ0n) is 15.3. The molecule has 1 saturated heterocycles. The minimum absolute atomic E-state index is 0.00373. The van der Waals surface area contributed by atoms with Crippen LogP contribution in [0.1, 0.15) is 50.8 Å². The summed E-state index contributed by atoms with van der Waals surface area (Å²) in [5.41, 5.74) is 2.62. The van der Waals surface area contributed by atoms with Crippen molar-refractivity contribution in [3.05, 3.63) is 47.5 Å². The highest BCUT2D eigenvalue weighted by molar-refractivity contribution is 5.90. The quantitative estimate of drug-likeness (QED) is 0.837. The Morgan fingerprint density at radius 1 is 1.08 bits per heavy atom. The third-order valence-corrected chi connectivity index (χ3v) is 4.93. The van der Waals surface area contributed by atoms with Crippen LogP contribution in [-0.4, -0.2) is 23.6 Å². The van der Waals surface area contributed by atoms with Crippen molar-refractivity contribution in [1.82, 2.24) is 10.4 Å². The molecular formula is C20H23F3N2O. The van der Waals surface area contributed by atoms with E-state index in [1.807, 2.05) is 38.1 Å². The van der Waals surface area contributed by atoms with E-state index in [2.05, 4.69) is 5.43 Å². The fourth-order valence-corrected chi connectivity index (χ4v) is 3.60. The van der Waals surface area contributed by atoms with Crippen LogP contribution in [-0.2, 0) is 4.79 Å². The monoisotopic (exact) mass is 364 g/mol. The van der Waals surface area contributed by atoms with Gasteiger partial charge in [0.15, 0.2) is 6.04 Å². The van der Waals surface area contributed by atoms with E-state index in [0.29, 0.717) is 5.39 Å². The number of carbonyl (C=O) groups excluding carboxylic acids is 1. The molecule has 1 aliphatic rings. The van der Waals surface area contributed by atoms with E-state index in [0.717, 1.165) is 16.0 Å². The first-order chi connectivity index (χ1) is 12.0. The number of rotatable bonds is 3. The Morgan fingerprint density at radius 2 is 1.65 bits per heavy atom. The summed E-state index contributed by atoms with van der Waals surface area (Å²) in [7, 11) is 0. The zero-order valence-corrected chi connectivity index (χ0v) is 15.3. The van der Waals surface area contributed by atoms with Crippen molar-refractivity contribution in [1.29, 1.82) is 0 Å². The molecule has 1 heterocycles. The SMILES string of the molecule is CC(C)c1cccc2cccc(C(N3CC(C)(C)C(=O)N3)C(F)(F)F)c12. The lowest BCUT2D eigenvalue weighted by atomic mass is 9.89. The third kappa shape index (κ3) is 3.18. The van der Waals surface area contributed by atoms with Crippen molar-refractivity contribution in [2.75, 3.05) is 6.54 Å². The molecule has 0 bridgehead atoms. The van der Waals surface area contributed by atoms with Gasteiger partial charge in [-0.05, 0) is 41.7 Å². The van der Waals surface area contributed by atoms with Crippen LogP contribution in [0.2, 0.25) is 0 Å². The number of halogens is 3. The molecule has 1 unspecified atom stereocenters. The number of benzene rings is 2. The third-order valence-electron chi connectivity index (χ3n) is 4.93. The van der Waals surface area contributed by atoms with E-state index in [9.17, 15) is 18.0 Å². The van der Waals surface area contributed by atoms with E-state index in [4.69, 9.17) is 0 Å². The lowest BCUT2D eigenvalue weighted by Gasteiger charge is -2.31. The van der Waals surface area contributed by atoms with Gasteiger partial charge in [0.25, 0.3) is 0 Å². The normalized spacial score (nSPS) is 19.2. The number of hydrogen-bond donors (Lipinski definition) is 1. The minimum atomic E-state index is -4.52. The molecule has 1 atom stereocenters. The van der Waals surface area contributed by atoms with Gasteiger partial charge >= 0.3 is 6.18 Å². The summed E-state index contributed by atoms with van der Waals surface area (Å²) in [6.07, 6.45) is -4.52. The number of carbonyl (C=O) groups is 1. The first-order valence-electron chi connectivity index (χ1n) is 8.68. The summed E-state index contributed by atoms with van der Waals surface area (Å²) in [5, 5.41) is 2.42. The zero-order chi connectivity index (χ0) is 19.3. The Balaban J connectivity index is 2.22. The lowest BCUT2D eigenvalue weighted by molar-refractivity contribution is -0.191. The molecule has 0 aromatic heterocycles. The summed E-state index contributed by atoms with van der Waals surface area (Å²) >= 11 is 0. The van der Waals surface area contributed by atoms with Gasteiger partial charge in [0.05, 0.1) is 5.41 Å². The Morgan fingerprint density at radius 3 is 2.12 bits per heavy atom. The summed E-state index contributed by atoms with van der Waals surface area (Å²) in [5.74, 6) is -0.311. The number of amides is 1. The molecule has 0 saturated carbocycles. The smallest absolute Gasteiger partial charge is 0.287 e. The molecule has 140 valence electrons. The van der Waals surface area contributed by atoms with E-state index >= 15 is 0 Å². The van der Waals surface area contributed by atoms with Crippen LogP contribution in [0, 0.1) is 5.41 Å². The van der Waals surface area contributed by atoms with Gasteiger partial charge in [-0.2, -0.15) is 13.2 Å². The maximum absolute atomic E-state index is 14.1. The van der Waals surface area contributed by atoms with Crippen molar-refractivity contribution >= 4 is 16.7 Å². The van der Waals surface area contributed by atoms with Crippen LogP contribution in [0.15, 0.2) is 36.4 Å². The summed E-state index contributed by atoms with van der Waals surface area (Å²) in [4.78, 5) is 12.1. The fourth-order valence-electron chi connectivity index (χ4n) is 3.60. The average molecular weight is 364 g/mol. The van der Waals surface area contributed by atoms with Crippen LogP contribution >= 0.6 is 0 Å². The largest absolute Gasteiger partial charge is 0.409 e. The molecule has 0 spiro atoms. The summed E-state index contributed by atoms with van der Waals surface area (Å²) < 4.78 is 42.3. The highest BCUT2D eigenvalue weighted by Gasteiger charge is 2.51. The van der Waals surface area contributed by atoms with E-state index in [1.54, 1.807) is 19.9 Å². The Hall–Kier alpha value is -2.08. The molecule has 26 heavy (non-hydrogen) atoms. The number of fused-ring (bicyclic) bond motifs is 1. The van der Waals surface area contributed by atoms with Crippen LogP contribution < -0.4 is 5.43 Å². The van der Waals surface area contributed by atoms with Gasteiger partial charge in [-0.15, -0.1) is 0 Å². The minimum Gasteiger partial charge on any atom is -0.287 e. The fraction of sp³-hybridized carbons (Fsp3) is 0.450. The maximum Gasteiger partial charge on any atom is 0.409 e. The summed E-state index contributed by atoms with van der Waals surface area (Å²) in [6.45, 7) is 7.23. The molecule has 0 aliphatic carbocycles. The van der Waals surface area contributed by atoms with Crippen molar-refractivity contribution in [2.45, 2.75) is 45.8 Å². The molecule has 3 rings (SSSR count). The molecule has 3 nitrogen and oxygen atoms in total. The van der Waals surface area contributed by atoms with E-state index in [-0.39, 0.29) is 18.0 Å². The number of nitrogens with zero attached hydrogens (tertiary/aromatic N) is 1. The number of alkyl halides is 3. The first-order valence-corrected chi connectivity index (χ1v) is 8.68. The van der Waals surface area contributed by atoms with Gasteiger partial charge in [0.2, 0.25) is 5.91 Å². The first kappa shape index (κ1) is 18.7. The van der Waals surface area contributed by atoms with Gasteiger partial charge in [0, 0.05) is 6.54 Å². The standard InChI is InChI=1S/C20H23F3N2O/c1-12(2)14-9-5-7-13-8-6-10-15(16(13)14)17(20(21,22)23)25-11-19(3,4)18(26)24-25/h5-10,12,17H,11H2,1-4H3,(H,24,26). The molecule has 1 fully saturated rings. The van der Waals surface area contributed by atoms with Crippen molar-refractivity contribution in [2.24, 2.45) is 5.41 Å². The predicted octanol–water partition coefficient (Wildman–Crippen LogP) is 4.94. The molecule has 1 aliphatic heterocycles. The van der Waals surface area contributed by atoms with Crippen LogP contribution in [0.5, 0.6) is 0 Å². The Kier molecular flexibility index (Phi) is 4.51. The highest BCUT2D eigenvalue weighted by Crippen LogP contribution is 2.44. The molecule has 0 radical (unpaired) electrons. The van der Waals surface area contributed by atoms with Crippen LogP contribution in [0.25, 0.3) is 10.8 Å². The maximum atomic E-state index is 14.1. The van der Waals surface area contributed by atoms with Gasteiger partial charge in [-0.1, -0.05) is 50.2 Å². The molecule has 1 amide bonds. The second-order valence-corrected chi connectivity index (χ2v) is 7.84. The Labute approximate surface area is 151 Å².